The zero-order valence-corrected chi connectivity index (χ0v) is 5.32. The molecule has 2 heteroatoms. The van der Waals surface area contributed by atoms with Crippen LogP contribution in [-0.2, 0) is 0 Å². The highest BCUT2D eigenvalue weighted by Crippen LogP contribution is 2.14. The topological polar surface area (TPSA) is 0 Å². The van der Waals surface area contributed by atoms with E-state index in [9.17, 15) is 4.39 Å². The zero-order chi connectivity index (χ0) is 6.85. The quantitative estimate of drug-likeness (QED) is 0.522. The minimum atomic E-state index is -0.475. The molecule has 0 nitrogen and oxygen atoms in total. The smallest absolute Gasteiger partial charge is 0.142 e. The molecule has 9 heavy (non-hydrogen) atoms. The highest BCUT2D eigenvalue weighted by atomic mass is 35.5. The van der Waals surface area contributed by atoms with Gasteiger partial charge in [0.15, 0.2) is 0 Å². The van der Waals surface area contributed by atoms with Gasteiger partial charge in [-0.3, -0.25) is 0 Å². The normalized spacial score (nSPS) is 9.67. The van der Waals surface area contributed by atoms with Crippen molar-refractivity contribution in [3.63, 3.8) is 0 Å². The van der Waals surface area contributed by atoms with Gasteiger partial charge < -0.3 is 0 Å². The molecule has 0 atom stereocenters. The van der Waals surface area contributed by atoms with Gasteiger partial charge in [-0.25, -0.2) is 4.39 Å². The second kappa shape index (κ2) is 2.36. The van der Waals surface area contributed by atoms with Gasteiger partial charge in [0, 0.05) is 0 Å². The summed E-state index contributed by atoms with van der Waals surface area (Å²) in [4.78, 5) is 0. The third kappa shape index (κ3) is 1.42. The Balaban J connectivity index is 3.17. The standard InChI is InChI=1S/C7H4ClF/c1-5-2-3-6(8)7(9)4-5/h1-4H. The number of hydrogen-bond acceptors (Lipinski definition) is 0. The molecule has 0 aliphatic heterocycles. The van der Waals surface area contributed by atoms with E-state index in [1.54, 1.807) is 6.07 Å². The first kappa shape index (κ1) is 6.56. The molecule has 1 aromatic rings. The van der Waals surface area contributed by atoms with Crippen molar-refractivity contribution in [2.45, 2.75) is 0 Å². The van der Waals surface area contributed by atoms with Crippen LogP contribution < -0.4 is 0 Å². The van der Waals surface area contributed by atoms with Crippen molar-refractivity contribution in [3.05, 3.63) is 41.5 Å². The molecule has 0 aromatic heterocycles. The van der Waals surface area contributed by atoms with Gasteiger partial charge >= 0.3 is 0 Å². The summed E-state index contributed by atoms with van der Waals surface area (Å²) in [6.45, 7) is 5.23. The Morgan fingerprint density at radius 2 is 2.11 bits per heavy atom. The van der Waals surface area contributed by atoms with E-state index in [4.69, 9.17) is 18.5 Å². The molecule has 0 aliphatic rings. The number of halogens is 2. The molecule has 0 aliphatic carbocycles. The lowest BCUT2D eigenvalue weighted by Gasteiger charge is -1.92. The Bertz CT molecular complexity index is 220. The maximum atomic E-state index is 12.4. The van der Waals surface area contributed by atoms with Crippen LogP contribution in [0.2, 0.25) is 5.02 Å². The third-order valence-corrected chi connectivity index (χ3v) is 1.25. The molecule has 0 heterocycles. The third-order valence-electron chi connectivity index (χ3n) is 0.944. The van der Waals surface area contributed by atoms with Crippen LogP contribution in [0.1, 0.15) is 5.56 Å². The number of hydrogen-bond donors (Lipinski definition) is 0. The van der Waals surface area contributed by atoms with E-state index >= 15 is 0 Å². The Hall–Kier alpha value is -0.560. The SMILES string of the molecule is [CH]c1ccc(Cl)c(F)c1. The van der Waals surface area contributed by atoms with Crippen molar-refractivity contribution in [2.75, 3.05) is 0 Å². The Morgan fingerprint density at radius 1 is 1.44 bits per heavy atom. The molecule has 0 bridgehead atoms. The molecule has 0 unspecified atom stereocenters. The maximum absolute atomic E-state index is 12.4. The van der Waals surface area contributed by atoms with Gasteiger partial charge in [0.05, 0.1) is 5.02 Å². The summed E-state index contributed by atoms with van der Waals surface area (Å²) in [5, 5.41) is 0.101. The van der Waals surface area contributed by atoms with Crippen LogP contribution in [-0.4, -0.2) is 0 Å². The molecule has 2 radical (unpaired) electrons. The highest BCUT2D eigenvalue weighted by Gasteiger charge is 1.95. The molecule has 0 fully saturated rings. The number of benzene rings is 1. The Kier molecular flexibility index (Phi) is 1.72. The summed E-state index contributed by atoms with van der Waals surface area (Å²) >= 11 is 5.35. The zero-order valence-electron chi connectivity index (χ0n) is 4.57. The van der Waals surface area contributed by atoms with Gasteiger partial charge in [-0.2, -0.15) is 0 Å². The van der Waals surface area contributed by atoms with Crippen LogP contribution in [0.5, 0.6) is 0 Å². The average Bonchev–Trinajstić information content (AvgIpc) is 1.80. The van der Waals surface area contributed by atoms with Crippen molar-refractivity contribution in [3.8, 4) is 0 Å². The summed E-state index contributed by atoms with van der Waals surface area (Å²) < 4.78 is 12.4. The van der Waals surface area contributed by atoms with Crippen molar-refractivity contribution < 1.29 is 4.39 Å². The van der Waals surface area contributed by atoms with Gasteiger partial charge in [0.2, 0.25) is 0 Å². The van der Waals surface area contributed by atoms with Crippen LogP contribution in [0, 0.1) is 12.7 Å². The second-order valence-corrected chi connectivity index (χ2v) is 2.08. The second-order valence-electron chi connectivity index (χ2n) is 1.67. The van der Waals surface area contributed by atoms with Gasteiger partial charge in [-0.05, 0) is 24.6 Å². The fourth-order valence-corrected chi connectivity index (χ4v) is 0.630. The van der Waals surface area contributed by atoms with Crippen LogP contribution in [0.3, 0.4) is 0 Å². The molecule has 0 spiro atoms. The predicted molar refractivity (Wildman–Crippen MR) is 34.8 cm³/mol. The molecular weight excluding hydrogens is 139 g/mol. The van der Waals surface area contributed by atoms with Crippen molar-refractivity contribution in [1.82, 2.24) is 0 Å². The first-order chi connectivity index (χ1) is 4.20. The van der Waals surface area contributed by atoms with Crippen molar-refractivity contribution >= 4 is 11.6 Å². The first-order valence-corrected chi connectivity index (χ1v) is 2.78. The van der Waals surface area contributed by atoms with Gasteiger partial charge in [0.1, 0.15) is 5.82 Å². The first-order valence-electron chi connectivity index (χ1n) is 2.40. The van der Waals surface area contributed by atoms with E-state index in [1.165, 1.54) is 12.1 Å². The summed E-state index contributed by atoms with van der Waals surface area (Å²) in [7, 11) is 0. The van der Waals surface area contributed by atoms with E-state index < -0.39 is 5.82 Å². The molecule has 0 saturated heterocycles. The Labute approximate surface area is 58.3 Å². The average molecular weight is 143 g/mol. The van der Waals surface area contributed by atoms with Crippen LogP contribution in [0.25, 0.3) is 0 Å². The molecular formula is C7H4ClF. The van der Waals surface area contributed by atoms with Crippen molar-refractivity contribution in [2.24, 2.45) is 0 Å². The lowest BCUT2D eigenvalue weighted by Crippen LogP contribution is -1.76. The van der Waals surface area contributed by atoms with E-state index in [2.05, 4.69) is 0 Å². The van der Waals surface area contributed by atoms with Gasteiger partial charge in [0.25, 0.3) is 0 Å². The van der Waals surface area contributed by atoms with Crippen LogP contribution >= 0.6 is 11.6 Å². The monoisotopic (exact) mass is 142 g/mol. The summed E-state index contributed by atoms with van der Waals surface area (Å²) in [5.41, 5.74) is 0.386. The molecule has 0 N–H and O–H groups in total. The highest BCUT2D eigenvalue weighted by molar-refractivity contribution is 6.30. The molecule has 1 rings (SSSR count). The minimum absolute atomic E-state index is 0.101. The van der Waals surface area contributed by atoms with E-state index in [1.807, 2.05) is 0 Å². The van der Waals surface area contributed by atoms with Crippen LogP contribution in [0.15, 0.2) is 18.2 Å². The largest absolute Gasteiger partial charge is 0.205 e. The van der Waals surface area contributed by atoms with E-state index in [-0.39, 0.29) is 5.02 Å². The van der Waals surface area contributed by atoms with Gasteiger partial charge in [-0.15, -0.1) is 0 Å². The Morgan fingerprint density at radius 3 is 2.56 bits per heavy atom. The lowest BCUT2D eigenvalue weighted by molar-refractivity contribution is 0.627. The summed E-state index contributed by atoms with van der Waals surface area (Å²) in [6, 6.07) is 4.15. The van der Waals surface area contributed by atoms with E-state index in [0.717, 1.165) is 0 Å². The van der Waals surface area contributed by atoms with Crippen molar-refractivity contribution in [1.29, 1.82) is 0 Å². The fraction of sp³-hybridized carbons (Fsp3) is 0. The summed E-state index contributed by atoms with van der Waals surface area (Å²) in [5.74, 6) is -0.475. The molecule has 0 amide bonds. The molecule has 46 valence electrons. The fourth-order valence-electron chi connectivity index (χ4n) is 0.512. The summed E-state index contributed by atoms with van der Waals surface area (Å²) in [6.07, 6.45) is 0. The minimum Gasteiger partial charge on any atom is -0.205 e. The lowest BCUT2D eigenvalue weighted by atomic mass is 10.2. The molecule has 0 saturated carbocycles. The van der Waals surface area contributed by atoms with Crippen LogP contribution in [0.4, 0.5) is 4.39 Å². The molecule has 1 aromatic carbocycles. The predicted octanol–water partition coefficient (Wildman–Crippen LogP) is 2.54. The number of rotatable bonds is 0. The van der Waals surface area contributed by atoms with Gasteiger partial charge in [-0.1, -0.05) is 17.7 Å². The maximum Gasteiger partial charge on any atom is 0.142 e. The van der Waals surface area contributed by atoms with E-state index in [0.29, 0.717) is 5.56 Å².